The van der Waals surface area contributed by atoms with E-state index in [1.165, 1.54) is 19.3 Å². The summed E-state index contributed by atoms with van der Waals surface area (Å²) in [6.45, 7) is 1.52. The fourth-order valence-electron chi connectivity index (χ4n) is 1.71. The van der Waals surface area contributed by atoms with Crippen LogP contribution in [0.2, 0.25) is 0 Å². The second-order valence-electron chi connectivity index (χ2n) is 4.30. The van der Waals surface area contributed by atoms with E-state index in [9.17, 15) is 21.6 Å². The molecule has 1 N–H and O–H groups in total. The first kappa shape index (κ1) is 15.5. The third-order valence-corrected chi connectivity index (χ3v) is 4.36. The van der Waals surface area contributed by atoms with E-state index in [1.54, 1.807) is 12.1 Å². The van der Waals surface area contributed by atoms with E-state index in [0.717, 1.165) is 0 Å². The normalized spacial score (nSPS) is 13.1. The van der Waals surface area contributed by atoms with Gasteiger partial charge >= 0.3 is 0 Å². The van der Waals surface area contributed by atoms with E-state index in [2.05, 4.69) is 9.71 Å². The summed E-state index contributed by atoms with van der Waals surface area (Å²) in [4.78, 5) is 2.89. The Morgan fingerprint density at radius 2 is 1.86 bits per heavy atom. The molecule has 8 heteroatoms. The SMILES string of the molecule is CC(NS(=O)(=O)c1ccc(F)c(F)c1F)c1cccnc1. The highest BCUT2D eigenvalue weighted by Crippen LogP contribution is 2.21. The maximum absolute atomic E-state index is 13.6. The van der Waals surface area contributed by atoms with Crippen molar-refractivity contribution >= 4 is 10.0 Å². The molecule has 0 aliphatic carbocycles. The van der Waals surface area contributed by atoms with E-state index in [-0.39, 0.29) is 0 Å². The summed E-state index contributed by atoms with van der Waals surface area (Å²) in [5.74, 6) is -5.03. The Labute approximate surface area is 119 Å². The highest BCUT2D eigenvalue weighted by molar-refractivity contribution is 7.89. The minimum absolute atomic E-state index is 0.545. The highest BCUT2D eigenvalue weighted by atomic mass is 32.2. The van der Waals surface area contributed by atoms with Gasteiger partial charge in [0.05, 0.1) is 0 Å². The van der Waals surface area contributed by atoms with E-state index >= 15 is 0 Å². The van der Waals surface area contributed by atoms with Crippen LogP contribution in [0, 0.1) is 17.5 Å². The number of rotatable bonds is 4. The molecule has 0 saturated heterocycles. The molecule has 1 aromatic heterocycles. The number of aromatic nitrogens is 1. The molecule has 0 amide bonds. The Kier molecular flexibility index (Phi) is 4.29. The van der Waals surface area contributed by atoms with Gasteiger partial charge in [0.1, 0.15) is 4.90 Å². The minimum atomic E-state index is -4.34. The van der Waals surface area contributed by atoms with Gasteiger partial charge in [-0.15, -0.1) is 0 Å². The van der Waals surface area contributed by atoms with Crippen molar-refractivity contribution < 1.29 is 21.6 Å². The van der Waals surface area contributed by atoms with E-state index in [4.69, 9.17) is 0 Å². The van der Waals surface area contributed by atoms with Crippen LogP contribution in [-0.4, -0.2) is 13.4 Å². The average molecular weight is 316 g/mol. The van der Waals surface area contributed by atoms with Crippen LogP contribution in [0.4, 0.5) is 13.2 Å². The second-order valence-corrected chi connectivity index (χ2v) is 5.99. The summed E-state index contributed by atoms with van der Waals surface area (Å²) in [6, 6.07) is 3.75. The Bertz CT molecular complexity index is 752. The van der Waals surface area contributed by atoms with Gasteiger partial charge in [0.2, 0.25) is 10.0 Å². The molecule has 0 aliphatic heterocycles. The molecule has 1 heterocycles. The van der Waals surface area contributed by atoms with Crippen molar-refractivity contribution in [1.29, 1.82) is 0 Å². The predicted molar refractivity (Wildman–Crippen MR) is 69.3 cm³/mol. The zero-order valence-corrected chi connectivity index (χ0v) is 11.7. The van der Waals surface area contributed by atoms with Gasteiger partial charge < -0.3 is 0 Å². The van der Waals surface area contributed by atoms with Gasteiger partial charge in [0.25, 0.3) is 0 Å². The lowest BCUT2D eigenvalue weighted by atomic mass is 10.2. The summed E-state index contributed by atoms with van der Waals surface area (Å²) >= 11 is 0. The van der Waals surface area contributed by atoms with E-state index < -0.39 is 38.4 Å². The van der Waals surface area contributed by atoms with Gasteiger partial charge in [-0.05, 0) is 30.7 Å². The Hall–Kier alpha value is -1.93. The average Bonchev–Trinajstić information content (AvgIpc) is 2.45. The van der Waals surface area contributed by atoms with Crippen LogP contribution in [0.1, 0.15) is 18.5 Å². The lowest BCUT2D eigenvalue weighted by molar-refractivity contribution is 0.431. The molecular formula is C13H11F3N2O2S. The first-order valence-electron chi connectivity index (χ1n) is 5.88. The fourth-order valence-corrected chi connectivity index (χ4v) is 3.01. The third-order valence-electron chi connectivity index (χ3n) is 2.81. The van der Waals surface area contributed by atoms with Gasteiger partial charge in [-0.1, -0.05) is 6.07 Å². The Morgan fingerprint density at radius 3 is 2.48 bits per heavy atom. The largest absolute Gasteiger partial charge is 0.264 e. The first-order valence-corrected chi connectivity index (χ1v) is 7.37. The lowest BCUT2D eigenvalue weighted by Gasteiger charge is -2.14. The van der Waals surface area contributed by atoms with Gasteiger partial charge in [0, 0.05) is 18.4 Å². The molecule has 112 valence electrons. The standard InChI is InChI=1S/C13H11F3N2O2S/c1-8(9-3-2-6-17-7-9)18-21(19,20)11-5-4-10(14)12(15)13(11)16/h2-8,18H,1H3. The van der Waals surface area contributed by atoms with E-state index in [0.29, 0.717) is 17.7 Å². The number of nitrogens with zero attached hydrogens (tertiary/aromatic N) is 1. The van der Waals surface area contributed by atoms with E-state index in [1.807, 2.05) is 0 Å². The summed E-state index contributed by atoms with van der Waals surface area (Å²) < 4.78 is 65.8. The molecule has 0 radical (unpaired) electrons. The van der Waals surface area contributed by atoms with Crippen LogP contribution < -0.4 is 4.72 Å². The number of hydrogen-bond donors (Lipinski definition) is 1. The van der Waals surface area contributed by atoms with Gasteiger partial charge in [-0.25, -0.2) is 26.3 Å². The van der Waals surface area contributed by atoms with Crippen LogP contribution in [0.3, 0.4) is 0 Å². The second kappa shape index (κ2) is 5.82. The van der Waals surface area contributed by atoms with Crippen molar-refractivity contribution in [3.63, 3.8) is 0 Å². The topological polar surface area (TPSA) is 59.1 Å². The number of pyridine rings is 1. The van der Waals surface area contributed by atoms with Crippen LogP contribution >= 0.6 is 0 Å². The predicted octanol–water partition coefficient (Wildman–Crippen LogP) is 2.54. The Balaban J connectivity index is 2.33. The molecule has 4 nitrogen and oxygen atoms in total. The summed E-state index contributed by atoms with van der Waals surface area (Å²) in [6.07, 6.45) is 2.95. The highest BCUT2D eigenvalue weighted by Gasteiger charge is 2.25. The number of benzene rings is 1. The summed E-state index contributed by atoms with van der Waals surface area (Å²) in [5.41, 5.74) is 0.545. The zero-order chi connectivity index (χ0) is 15.6. The molecule has 0 spiro atoms. The van der Waals surface area contributed by atoms with Crippen molar-refractivity contribution in [3.05, 3.63) is 59.7 Å². The van der Waals surface area contributed by atoms with Gasteiger partial charge in [-0.3, -0.25) is 4.98 Å². The van der Waals surface area contributed by atoms with Gasteiger partial charge in [-0.2, -0.15) is 0 Å². The molecule has 1 aromatic carbocycles. The smallest absolute Gasteiger partial charge is 0.244 e. The molecule has 1 unspecified atom stereocenters. The van der Waals surface area contributed by atoms with Crippen molar-refractivity contribution in [2.75, 3.05) is 0 Å². The molecule has 0 bridgehead atoms. The summed E-state index contributed by atoms with van der Waals surface area (Å²) in [5, 5.41) is 0. The molecule has 2 aromatic rings. The van der Waals surface area contributed by atoms with Crippen molar-refractivity contribution in [3.8, 4) is 0 Å². The number of hydrogen-bond acceptors (Lipinski definition) is 3. The lowest BCUT2D eigenvalue weighted by Crippen LogP contribution is -2.28. The van der Waals surface area contributed by atoms with Crippen molar-refractivity contribution in [2.45, 2.75) is 17.9 Å². The molecule has 0 saturated carbocycles. The van der Waals surface area contributed by atoms with Crippen LogP contribution in [0.5, 0.6) is 0 Å². The quantitative estimate of drug-likeness (QED) is 0.882. The molecule has 0 aliphatic rings. The molecule has 1 atom stereocenters. The number of sulfonamides is 1. The monoisotopic (exact) mass is 316 g/mol. The Morgan fingerprint density at radius 1 is 1.14 bits per heavy atom. The van der Waals surface area contributed by atoms with Crippen molar-refractivity contribution in [1.82, 2.24) is 9.71 Å². The molecule has 0 fully saturated rings. The van der Waals surface area contributed by atoms with Gasteiger partial charge in [0.15, 0.2) is 17.5 Å². The third kappa shape index (κ3) is 3.22. The van der Waals surface area contributed by atoms with Crippen LogP contribution in [-0.2, 0) is 10.0 Å². The maximum atomic E-state index is 13.6. The number of nitrogens with one attached hydrogen (secondary N) is 1. The molecule has 21 heavy (non-hydrogen) atoms. The van der Waals surface area contributed by atoms with Crippen molar-refractivity contribution in [2.24, 2.45) is 0 Å². The fraction of sp³-hybridized carbons (Fsp3) is 0.154. The minimum Gasteiger partial charge on any atom is -0.264 e. The zero-order valence-electron chi connectivity index (χ0n) is 10.8. The summed E-state index contributed by atoms with van der Waals surface area (Å²) in [7, 11) is -4.34. The first-order chi connectivity index (χ1) is 9.83. The maximum Gasteiger partial charge on any atom is 0.244 e. The number of halogens is 3. The molecular weight excluding hydrogens is 305 g/mol. The van der Waals surface area contributed by atoms with Crippen LogP contribution in [0.15, 0.2) is 41.6 Å². The van der Waals surface area contributed by atoms with Crippen LogP contribution in [0.25, 0.3) is 0 Å². The molecule has 2 rings (SSSR count).